The number of nitrogens with zero attached hydrogens (tertiary/aromatic N) is 1. The van der Waals surface area contributed by atoms with Crippen LogP contribution in [0.4, 0.5) is 5.82 Å². The van der Waals surface area contributed by atoms with Crippen molar-refractivity contribution in [1.82, 2.24) is 4.98 Å². The normalized spacial score (nSPS) is 15.6. The largest absolute Gasteiger partial charge is 0.478 e. The standard InChI is InChI=1S/C10H12N2O4S/c1-17(15,16)9-5-6(10(13)14)4-8(12-9)11-7-2-3-7/h4-5,7H,2-3H2,1H3,(H,11,12)(H,13,14). The zero-order valence-electron chi connectivity index (χ0n) is 9.17. The Kier molecular flexibility index (Phi) is 2.78. The van der Waals surface area contributed by atoms with Crippen LogP contribution in [0, 0.1) is 0 Å². The van der Waals surface area contributed by atoms with Gasteiger partial charge in [-0.2, -0.15) is 0 Å². The minimum absolute atomic E-state index is 0.0800. The molecule has 0 atom stereocenters. The number of pyridine rings is 1. The van der Waals surface area contributed by atoms with Crippen molar-refractivity contribution >= 4 is 21.6 Å². The SMILES string of the molecule is CS(=O)(=O)c1cc(C(=O)O)cc(NC2CC2)n1. The third-order valence-corrected chi connectivity index (χ3v) is 3.33. The zero-order valence-corrected chi connectivity index (χ0v) is 9.99. The van der Waals surface area contributed by atoms with Crippen LogP contribution in [0.3, 0.4) is 0 Å². The fourth-order valence-corrected chi connectivity index (χ4v) is 1.93. The topological polar surface area (TPSA) is 96.4 Å². The van der Waals surface area contributed by atoms with Crippen molar-refractivity contribution in [2.24, 2.45) is 0 Å². The van der Waals surface area contributed by atoms with Crippen LogP contribution >= 0.6 is 0 Å². The summed E-state index contributed by atoms with van der Waals surface area (Å²) in [6.45, 7) is 0. The Morgan fingerprint density at radius 3 is 2.59 bits per heavy atom. The fourth-order valence-electron chi connectivity index (χ4n) is 1.33. The summed E-state index contributed by atoms with van der Waals surface area (Å²) in [5.41, 5.74) is -0.0800. The lowest BCUT2D eigenvalue weighted by Crippen LogP contribution is -2.10. The predicted molar refractivity (Wildman–Crippen MR) is 61.0 cm³/mol. The van der Waals surface area contributed by atoms with Crippen LogP contribution in [-0.2, 0) is 9.84 Å². The number of carboxylic acids is 1. The first-order valence-electron chi connectivity index (χ1n) is 5.08. The highest BCUT2D eigenvalue weighted by Gasteiger charge is 2.23. The maximum absolute atomic E-state index is 11.4. The van der Waals surface area contributed by atoms with E-state index in [4.69, 9.17) is 5.11 Å². The number of rotatable bonds is 4. The summed E-state index contributed by atoms with van der Waals surface area (Å²) in [5.74, 6) is -0.871. The number of hydrogen-bond donors (Lipinski definition) is 2. The molecule has 2 rings (SSSR count). The van der Waals surface area contributed by atoms with Crippen molar-refractivity contribution in [3.8, 4) is 0 Å². The minimum atomic E-state index is -3.51. The van der Waals surface area contributed by atoms with Gasteiger partial charge in [-0.15, -0.1) is 0 Å². The predicted octanol–water partition coefficient (Wildman–Crippen LogP) is 0.758. The first-order valence-corrected chi connectivity index (χ1v) is 6.97. The number of aromatic carboxylic acids is 1. The Hall–Kier alpha value is -1.63. The number of hydrogen-bond acceptors (Lipinski definition) is 5. The van der Waals surface area contributed by atoms with Gasteiger partial charge >= 0.3 is 5.97 Å². The summed E-state index contributed by atoms with van der Waals surface area (Å²) in [6, 6.07) is 2.68. The summed E-state index contributed by atoms with van der Waals surface area (Å²) in [6.07, 6.45) is 2.99. The van der Waals surface area contributed by atoms with E-state index in [9.17, 15) is 13.2 Å². The first-order chi connectivity index (χ1) is 7.86. The lowest BCUT2D eigenvalue weighted by Gasteiger charge is -2.07. The number of carbonyl (C=O) groups is 1. The maximum atomic E-state index is 11.4. The molecule has 1 heterocycles. The number of aromatic nitrogens is 1. The second-order valence-electron chi connectivity index (χ2n) is 4.08. The maximum Gasteiger partial charge on any atom is 0.335 e. The minimum Gasteiger partial charge on any atom is -0.478 e. The van der Waals surface area contributed by atoms with E-state index in [-0.39, 0.29) is 16.6 Å². The third kappa shape index (κ3) is 2.94. The van der Waals surface area contributed by atoms with E-state index >= 15 is 0 Å². The van der Waals surface area contributed by atoms with Gasteiger partial charge < -0.3 is 10.4 Å². The van der Waals surface area contributed by atoms with Crippen molar-refractivity contribution in [3.63, 3.8) is 0 Å². The molecular weight excluding hydrogens is 244 g/mol. The number of sulfone groups is 1. The molecule has 1 saturated carbocycles. The van der Waals surface area contributed by atoms with Crippen molar-refractivity contribution in [1.29, 1.82) is 0 Å². The van der Waals surface area contributed by atoms with Gasteiger partial charge in [-0.25, -0.2) is 18.2 Å². The van der Waals surface area contributed by atoms with Crippen LogP contribution in [-0.4, -0.2) is 36.8 Å². The van der Waals surface area contributed by atoms with Crippen molar-refractivity contribution < 1.29 is 18.3 Å². The highest BCUT2D eigenvalue weighted by Crippen LogP contribution is 2.25. The molecule has 2 N–H and O–H groups in total. The van der Waals surface area contributed by atoms with E-state index in [0.29, 0.717) is 5.82 Å². The molecule has 1 aliphatic rings. The summed E-state index contributed by atoms with van der Waals surface area (Å²) < 4.78 is 22.8. The van der Waals surface area contributed by atoms with Gasteiger partial charge in [0.15, 0.2) is 14.9 Å². The molecule has 17 heavy (non-hydrogen) atoms. The average Bonchev–Trinajstić information content (AvgIpc) is 2.99. The molecule has 6 nitrogen and oxygen atoms in total. The van der Waals surface area contributed by atoms with Gasteiger partial charge in [-0.05, 0) is 25.0 Å². The summed E-state index contributed by atoms with van der Waals surface area (Å²) in [4.78, 5) is 14.8. The molecule has 1 aromatic heterocycles. The van der Waals surface area contributed by atoms with Crippen molar-refractivity contribution in [2.75, 3.05) is 11.6 Å². The first kappa shape index (κ1) is 11.8. The van der Waals surface area contributed by atoms with E-state index < -0.39 is 15.8 Å². The molecule has 1 aliphatic carbocycles. The molecular formula is C10H12N2O4S. The summed E-state index contributed by atoms with van der Waals surface area (Å²) in [5, 5.41) is 11.7. The molecule has 92 valence electrons. The Balaban J connectivity index is 2.44. The smallest absolute Gasteiger partial charge is 0.335 e. The Bertz CT molecular complexity index is 564. The van der Waals surface area contributed by atoms with Gasteiger partial charge in [0.1, 0.15) is 5.82 Å². The highest BCUT2D eigenvalue weighted by molar-refractivity contribution is 7.90. The lowest BCUT2D eigenvalue weighted by atomic mass is 10.2. The monoisotopic (exact) mass is 256 g/mol. The fraction of sp³-hybridized carbons (Fsp3) is 0.400. The number of anilines is 1. The van der Waals surface area contributed by atoms with Crippen LogP contribution in [0.1, 0.15) is 23.2 Å². The van der Waals surface area contributed by atoms with E-state index in [1.165, 1.54) is 6.07 Å². The Morgan fingerprint density at radius 1 is 1.47 bits per heavy atom. The van der Waals surface area contributed by atoms with Crippen LogP contribution in [0.25, 0.3) is 0 Å². The Morgan fingerprint density at radius 2 is 2.12 bits per heavy atom. The second kappa shape index (κ2) is 3.99. The second-order valence-corrected chi connectivity index (χ2v) is 6.04. The Labute approximate surface area is 98.6 Å². The molecule has 0 unspecified atom stereocenters. The molecule has 0 spiro atoms. The van der Waals surface area contributed by atoms with Crippen LogP contribution < -0.4 is 5.32 Å². The van der Waals surface area contributed by atoms with Gasteiger partial charge in [0, 0.05) is 12.3 Å². The molecule has 0 aromatic carbocycles. The van der Waals surface area contributed by atoms with E-state index in [2.05, 4.69) is 10.3 Å². The lowest BCUT2D eigenvalue weighted by molar-refractivity contribution is 0.0696. The molecule has 0 saturated heterocycles. The highest BCUT2D eigenvalue weighted by atomic mass is 32.2. The number of carboxylic acid groups (broad SMARTS) is 1. The summed E-state index contributed by atoms with van der Waals surface area (Å²) in [7, 11) is -3.51. The van der Waals surface area contributed by atoms with Gasteiger partial charge in [0.2, 0.25) is 0 Å². The van der Waals surface area contributed by atoms with Gasteiger partial charge in [0.05, 0.1) is 5.56 Å². The molecule has 0 bridgehead atoms. The quantitative estimate of drug-likeness (QED) is 0.825. The molecule has 7 heteroatoms. The molecule has 0 radical (unpaired) electrons. The van der Waals surface area contributed by atoms with E-state index in [1.807, 2.05) is 0 Å². The number of nitrogens with one attached hydrogen (secondary N) is 1. The van der Waals surface area contributed by atoms with Crippen LogP contribution in [0.15, 0.2) is 17.2 Å². The zero-order chi connectivity index (χ0) is 12.6. The van der Waals surface area contributed by atoms with Gasteiger partial charge in [-0.1, -0.05) is 0 Å². The summed E-state index contributed by atoms with van der Waals surface area (Å²) >= 11 is 0. The molecule has 0 amide bonds. The van der Waals surface area contributed by atoms with E-state index in [1.54, 1.807) is 0 Å². The average molecular weight is 256 g/mol. The molecule has 1 aromatic rings. The van der Waals surface area contributed by atoms with Crippen LogP contribution in [0.2, 0.25) is 0 Å². The van der Waals surface area contributed by atoms with Crippen LogP contribution in [0.5, 0.6) is 0 Å². The van der Waals surface area contributed by atoms with Gasteiger partial charge in [0.25, 0.3) is 0 Å². The van der Waals surface area contributed by atoms with Crippen molar-refractivity contribution in [3.05, 3.63) is 17.7 Å². The van der Waals surface area contributed by atoms with Gasteiger partial charge in [-0.3, -0.25) is 0 Å². The molecule has 0 aliphatic heterocycles. The van der Waals surface area contributed by atoms with E-state index in [0.717, 1.165) is 25.2 Å². The molecule has 1 fully saturated rings. The third-order valence-electron chi connectivity index (χ3n) is 2.36. The van der Waals surface area contributed by atoms with Crippen molar-refractivity contribution in [2.45, 2.75) is 23.9 Å².